The topological polar surface area (TPSA) is 29.5 Å². The molecule has 0 amide bonds. The summed E-state index contributed by atoms with van der Waals surface area (Å²) in [5.41, 5.74) is 0. The van der Waals surface area contributed by atoms with Crippen LogP contribution >= 0.6 is 0 Å². The largest absolute Gasteiger partial charge is 0.466 e. The SMILES string of the molecule is CCCCCOC(=O)CCCCN(CC)CC. The summed E-state index contributed by atoms with van der Waals surface area (Å²) in [7, 11) is 0. The molecule has 0 aliphatic carbocycles. The standard InChI is InChI=1S/C14H29NO2/c1-4-7-10-13-17-14(16)11-8-9-12-15(5-2)6-3/h4-13H2,1-3H3. The van der Waals surface area contributed by atoms with Crippen LogP contribution in [0.2, 0.25) is 0 Å². The highest BCUT2D eigenvalue weighted by atomic mass is 16.5. The van der Waals surface area contributed by atoms with Crippen LogP contribution in [0.1, 0.15) is 59.3 Å². The number of unbranched alkanes of at least 4 members (excludes halogenated alkanes) is 3. The number of carbonyl (C=O) groups is 1. The molecule has 0 unspecified atom stereocenters. The second-order valence-corrected chi connectivity index (χ2v) is 4.41. The highest BCUT2D eigenvalue weighted by Gasteiger charge is 2.03. The van der Waals surface area contributed by atoms with Gasteiger partial charge < -0.3 is 9.64 Å². The van der Waals surface area contributed by atoms with Crippen LogP contribution in [-0.2, 0) is 9.53 Å². The summed E-state index contributed by atoms with van der Waals surface area (Å²) in [6.07, 6.45) is 5.93. The van der Waals surface area contributed by atoms with Gasteiger partial charge in [-0.25, -0.2) is 0 Å². The van der Waals surface area contributed by atoms with Crippen LogP contribution in [0.5, 0.6) is 0 Å². The quantitative estimate of drug-likeness (QED) is 0.412. The van der Waals surface area contributed by atoms with E-state index < -0.39 is 0 Å². The predicted molar refractivity (Wildman–Crippen MR) is 72.1 cm³/mol. The molecule has 0 N–H and O–H groups in total. The van der Waals surface area contributed by atoms with Crippen LogP contribution in [-0.4, -0.2) is 37.1 Å². The monoisotopic (exact) mass is 243 g/mol. The zero-order chi connectivity index (χ0) is 12.9. The number of esters is 1. The Morgan fingerprint density at radius 1 is 1.00 bits per heavy atom. The van der Waals surface area contributed by atoms with Crippen molar-refractivity contribution in [3.05, 3.63) is 0 Å². The van der Waals surface area contributed by atoms with Crippen molar-refractivity contribution in [2.75, 3.05) is 26.2 Å². The van der Waals surface area contributed by atoms with Crippen molar-refractivity contribution in [3.8, 4) is 0 Å². The lowest BCUT2D eigenvalue weighted by Gasteiger charge is -2.17. The minimum absolute atomic E-state index is 0.0272. The number of carbonyl (C=O) groups excluding carboxylic acids is 1. The minimum Gasteiger partial charge on any atom is -0.466 e. The highest BCUT2D eigenvalue weighted by molar-refractivity contribution is 5.69. The first-order valence-electron chi connectivity index (χ1n) is 7.12. The second kappa shape index (κ2) is 11.9. The molecular formula is C14H29NO2. The zero-order valence-corrected chi connectivity index (χ0v) is 11.8. The maximum absolute atomic E-state index is 11.4. The lowest BCUT2D eigenvalue weighted by atomic mass is 10.2. The Balaban J connectivity index is 3.32. The number of hydrogen-bond acceptors (Lipinski definition) is 3. The molecule has 0 fully saturated rings. The van der Waals surface area contributed by atoms with Gasteiger partial charge in [-0.2, -0.15) is 0 Å². The summed E-state index contributed by atoms with van der Waals surface area (Å²) in [4.78, 5) is 13.7. The Morgan fingerprint density at radius 2 is 1.71 bits per heavy atom. The van der Waals surface area contributed by atoms with Crippen LogP contribution in [0.4, 0.5) is 0 Å². The molecule has 0 heterocycles. The molecule has 0 atom stereocenters. The zero-order valence-electron chi connectivity index (χ0n) is 11.8. The van der Waals surface area contributed by atoms with E-state index in [9.17, 15) is 4.79 Å². The van der Waals surface area contributed by atoms with E-state index in [2.05, 4.69) is 25.7 Å². The molecule has 0 aliphatic rings. The smallest absolute Gasteiger partial charge is 0.305 e. The Bertz CT molecular complexity index is 179. The third-order valence-corrected chi connectivity index (χ3v) is 3.01. The van der Waals surface area contributed by atoms with Gasteiger partial charge in [0.2, 0.25) is 0 Å². The Hall–Kier alpha value is -0.570. The summed E-state index contributed by atoms with van der Waals surface area (Å²) in [6.45, 7) is 10.4. The first-order valence-corrected chi connectivity index (χ1v) is 7.12. The molecule has 0 bridgehead atoms. The van der Waals surface area contributed by atoms with Crippen molar-refractivity contribution < 1.29 is 9.53 Å². The lowest BCUT2D eigenvalue weighted by Crippen LogP contribution is -2.24. The Labute approximate surface area is 107 Å². The van der Waals surface area contributed by atoms with E-state index >= 15 is 0 Å². The Morgan fingerprint density at radius 3 is 2.29 bits per heavy atom. The third-order valence-electron chi connectivity index (χ3n) is 3.01. The van der Waals surface area contributed by atoms with Crippen LogP contribution in [0, 0.1) is 0 Å². The van der Waals surface area contributed by atoms with E-state index in [1.165, 1.54) is 6.42 Å². The molecule has 3 nitrogen and oxygen atoms in total. The molecule has 0 spiro atoms. The number of rotatable bonds is 11. The summed E-state index contributed by atoms with van der Waals surface area (Å²) in [5, 5.41) is 0. The molecular weight excluding hydrogens is 214 g/mol. The van der Waals surface area contributed by atoms with Gasteiger partial charge in [-0.15, -0.1) is 0 Å². The summed E-state index contributed by atoms with van der Waals surface area (Å²) in [6, 6.07) is 0. The lowest BCUT2D eigenvalue weighted by molar-refractivity contribution is -0.143. The average Bonchev–Trinajstić information content (AvgIpc) is 2.35. The van der Waals surface area contributed by atoms with E-state index in [1.807, 2.05) is 0 Å². The highest BCUT2D eigenvalue weighted by Crippen LogP contribution is 2.02. The van der Waals surface area contributed by atoms with E-state index in [4.69, 9.17) is 4.74 Å². The van der Waals surface area contributed by atoms with Gasteiger partial charge >= 0.3 is 5.97 Å². The van der Waals surface area contributed by atoms with Crippen molar-refractivity contribution in [3.63, 3.8) is 0 Å². The molecule has 102 valence electrons. The molecule has 3 heteroatoms. The van der Waals surface area contributed by atoms with Gasteiger partial charge in [-0.1, -0.05) is 33.6 Å². The molecule has 0 saturated carbocycles. The molecule has 17 heavy (non-hydrogen) atoms. The van der Waals surface area contributed by atoms with Gasteiger partial charge in [0.1, 0.15) is 0 Å². The number of hydrogen-bond donors (Lipinski definition) is 0. The average molecular weight is 243 g/mol. The number of nitrogens with zero attached hydrogens (tertiary/aromatic N) is 1. The minimum atomic E-state index is -0.0272. The van der Waals surface area contributed by atoms with E-state index in [0.717, 1.165) is 45.3 Å². The van der Waals surface area contributed by atoms with Gasteiger partial charge in [-0.05, 0) is 38.9 Å². The molecule has 0 aromatic rings. The first kappa shape index (κ1) is 16.4. The maximum atomic E-state index is 11.4. The fourth-order valence-corrected chi connectivity index (χ4v) is 1.75. The molecule has 0 aromatic heterocycles. The predicted octanol–water partition coefficient (Wildman–Crippen LogP) is 3.23. The summed E-state index contributed by atoms with van der Waals surface area (Å²) < 4.78 is 5.15. The maximum Gasteiger partial charge on any atom is 0.305 e. The molecule has 0 radical (unpaired) electrons. The van der Waals surface area contributed by atoms with Crippen molar-refractivity contribution >= 4 is 5.97 Å². The van der Waals surface area contributed by atoms with Gasteiger partial charge in [0, 0.05) is 6.42 Å². The molecule has 0 aliphatic heterocycles. The van der Waals surface area contributed by atoms with Crippen molar-refractivity contribution in [2.45, 2.75) is 59.3 Å². The van der Waals surface area contributed by atoms with Gasteiger partial charge in [-0.3, -0.25) is 4.79 Å². The van der Waals surface area contributed by atoms with Crippen molar-refractivity contribution in [1.82, 2.24) is 4.90 Å². The second-order valence-electron chi connectivity index (χ2n) is 4.41. The summed E-state index contributed by atoms with van der Waals surface area (Å²) >= 11 is 0. The third kappa shape index (κ3) is 10.3. The summed E-state index contributed by atoms with van der Waals surface area (Å²) in [5.74, 6) is -0.0272. The molecule has 0 saturated heterocycles. The van der Waals surface area contributed by atoms with Crippen LogP contribution < -0.4 is 0 Å². The van der Waals surface area contributed by atoms with E-state index in [-0.39, 0.29) is 5.97 Å². The number of ether oxygens (including phenoxy) is 1. The van der Waals surface area contributed by atoms with E-state index in [1.54, 1.807) is 0 Å². The first-order chi connectivity index (χ1) is 8.24. The fourth-order valence-electron chi connectivity index (χ4n) is 1.75. The molecule has 0 aromatic carbocycles. The Kier molecular flexibility index (Phi) is 11.5. The van der Waals surface area contributed by atoms with E-state index in [0.29, 0.717) is 13.0 Å². The molecule has 0 rings (SSSR count). The fraction of sp³-hybridized carbons (Fsp3) is 0.929. The van der Waals surface area contributed by atoms with Crippen LogP contribution in [0.25, 0.3) is 0 Å². The van der Waals surface area contributed by atoms with Crippen molar-refractivity contribution in [1.29, 1.82) is 0 Å². The van der Waals surface area contributed by atoms with Gasteiger partial charge in [0.15, 0.2) is 0 Å². The normalized spacial score (nSPS) is 10.8. The van der Waals surface area contributed by atoms with Crippen molar-refractivity contribution in [2.24, 2.45) is 0 Å². The van der Waals surface area contributed by atoms with Crippen LogP contribution in [0.3, 0.4) is 0 Å². The van der Waals surface area contributed by atoms with Gasteiger partial charge in [0.25, 0.3) is 0 Å². The van der Waals surface area contributed by atoms with Crippen LogP contribution in [0.15, 0.2) is 0 Å². The van der Waals surface area contributed by atoms with Gasteiger partial charge in [0.05, 0.1) is 6.61 Å².